The van der Waals surface area contributed by atoms with Crippen molar-refractivity contribution in [1.29, 1.82) is 0 Å². The predicted molar refractivity (Wildman–Crippen MR) is 78.3 cm³/mol. The van der Waals surface area contributed by atoms with E-state index in [4.69, 9.17) is 4.74 Å². The van der Waals surface area contributed by atoms with Crippen molar-refractivity contribution in [3.05, 3.63) is 28.7 Å². The van der Waals surface area contributed by atoms with Crippen LogP contribution in [0, 0.1) is 0 Å². The van der Waals surface area contributed by atoms with Crippen LogP contribution in [-0.2, 0) is 4.79 Å². The number of carbonyl (C=O) groups is 1. The van der Waals surface area contributed by atoms with E-state index in [0.29, 0.717) is 19.1 Å². The Hall–Kier alpha value is -1.07. The average Bonchev–Trinajstić information content (AvgIpc) is 2.89. The minimum atomic E-state index is 0.0451. The van der Waals surface area contributed by atoms with Gasteiger partial charge in [-0.25, -0.2) is 0 Å². The lowest BCUT2D eigenvalue weighted by Gasteiger charge is -2.11. The Kier molecular flexibility index (Phi) is 5.66. The van der Waals surface area contributed by atoms with E-state index in [0.717, 1.165) is 29.7 Å². The first kappa shape index (κ1) is 14.3. The summed E-state index contributed by atoms with van der Waals surface area (Å²) in [5.41, 5.74) is 0. The van der Waals surface area contributed by atoms with E-state index in [2.05, 4.69) is 26.6 Å². The molecule has 1 atom stereocenters. The van der Waals surface area contributed by atoms with Crippen LogP contribution in [0.4, 0.5) is 0 Å². The summed E-state index contributed by atoms with van der Waals surface area (Å²) in [6.07, 6.45) is 2.74. The number of nitrogens with one attached hydrogen (secondary N) is 2. The molecule has 0 radical (unpaired) electrons. The fourth-order valence-corrected chi connectivity index (χ4v) is 2.45. The second-order valence-electron chi connectivity index (χ2n) is 4.65. The maximum atomic E-state index is 11.6. The van der Waals surface area contributed by atoms with Crippen molar-refractivity contribution >= 4 is 21.8 Å². The summed E-state index contributed by atoms with van der Waals surface area (Å²) in [7, 11) is 0. The van der Waals surface area contributed by atoms with Crippen molar-refractivity contribution in [1.82, 2.24) is 10.6 Å². The number of amides is 1. The summed E-state index contributed by atoms with van der Waals surface area (Å²) in [6.45, 7) is 2.18. The third-order valence-corrected chi connectivity index (χ3v) is 3.60. The molecule has 19 heavy (non-hydrogen) atoms. The van der Waals surface area contributed by atoms with Crippen LogP contribution in [0.5, 0.6) is 5.75 Å². The van der Waals surface area contributed by atoms with Crippen LogP contribution >= 0.6 is 15.9 Å². The van der Waals surface area contributed by atoms with Crippen LogP contribution in [0.3, 0.4) is 0 Å². The first-order chi connectivity index (χ1) is 9.24. The number of ether oxygens (including phenoxy) is 1. The maximum Gasteiger partial charge on any atom is 0.223 e. The summed E-state index contributed by atoms with van der Waals surface area (Å²) in [5, 5.41) is 6.28. The van der Waals surface area contributed by atoms with Crippen molar-refractivity contribution < 1.29 is 9.53 Å². The molecule has 5 heteroatoms. The maximum absolute atomic E-state index is 11.6. The number of hydrogen-bond acceptors (Lipinski definition) is 3. The van der Waals surface area contributed by atoms with E-state index >= 15 is 0 Å². The zero-order valence-corrected chi connectivity index (χ0v) is 12.4. The molecule has 104 valence electrons. The highest BCUT2D eigenvalue weighted by Crippen LogP contribution is 2.17. The first-order valence-corrected chi connectivity index (χ1v) is 7.42. The molecule has 1 fully saturated rings. The fraction of sp³-hybridized carbons (Fsp3) is 0.500. The summed E-state index contributed by atoms with van der Waals surface area (Å²) in [6, 6.07) is 8.06. The molecule has 2 rings (SSSR count). The molecule has 0 aromatic heterocycles. The van der Waals surface area contributed by atoms with Crippen LogP contribution in [0.15, 0.2) is 28.7 Å². The molecule has 1 amide bonds. The van der Waals surface area contributed by atoms with Crippen molar-refractivity contribution in [3.63, 3.8) is 0 Å². The quantitative estimate of drug-likeness (QED) is 0.841. The van der Waals surface area contributed by atoms with Gasteiger partial charge in [0.15, 0.2) is 0 Å². The topological polar surface area (TPSA) is 50.4 Å². The number of carbonyl (C=O) groups excluding carboxylic acids is 1. The molecule has 1 aromatic carbocycles. The second-order valence-corrected chi connectivity index (χ2v) is 5.57. The lowest BCUT2D eigenvalue weighted by Crippen LogP contribution is -2.37. The lowest BCUT2D eigenvalue weighted by molar-refractivity contribution is -0.121. The van der Waals surface area contributed by atoms with Crippen LogP contribution in [0.2, 0.25) is 0 Å². The molecule has 2 N–H and O–H groups in total. The molecule has 1 saturated heterocycles. The van der Waals surface area contributed by atoms with E-state index in [1.807, 2.05) is 24.3 Å². The predicted octanol–water partition coefficient (Wildman–Crippen LogP) is 2.09. The minimum Gasteiger partial charge on any atom is -0.493 e. The van der Waals surface area contributed by atoms with Crippen molar-refractivity contribution in [3.8, 4) is 5.75 Å². The Morgan fingerprint density at radius 2 is 2.42 bits per heavy atom. The third-order valence-electron chi connectivity index (χ3n) is 3.10. The monoisotopic (exact) mass is 326 g/mol. The Balaban J connectivity index is 1.60. The van der Waals surface area contributed by atoms with E-state index in [-0.39, 0.29) is 5.91 Å². The van der Waals surface area contributed by atoms with E-state index in [1.165, 1.54) is 6.42 Å². The van der Waals surface area contributed by atoms with Gasteiger partial charge in [0.05, 0.1) is 13.0 Å². The van der Waals surface area contributed by atoms with E-state index in [1.54, 1.807) is 0 Å². The van der Waals surface area contributed by atoms with Gasteiger partial charge in [0.25, 0.3) is 0 Å². The van der Waals surface area contributed by atoms with Gasteiger partial charge in [0, 0.05) is 17.1 Å². The molecular formula is C14H19BrN2O2. The number of benzene rings is 1. The molecule has 0 bridgehead atoms. The minimum absolute atomic E-state index is 0.0451. The SMILES string of the molecule is O=C(CCOc1cccc(Br)c1)NCC1CCCN1. The van der Waals surface area contributed by atoms with E-state index < -0.39 is 0 Å². The molecule has 1 unspecified atom stereocenters. The van der Waals surface area contributed by atoms with E-state index in [9.17, 15) is 4.79 Å². The number of hydrogen-bond donors (Lipinski definition) is 2. The molecule has 0 saturated carbocycles. The van der Waals surface area contributed by atoms with Crippen LogP contribution in [0.25, 0.3) is 0 Å². The van der Waals surface area contributed by atoms with Crippen LogP contribution < -0.4 is 15.4 Å². The Labute approximate surface area is 122 Å². The van der Waals surface area contributed by atoms with Crippen LogP contribution in [-0.4, -0.2) is 31.6 Å². The number of rotatable bonds is 6. The van der Waals surface area contributed by atoms with Crippen molar-refractivity contribution in [2.45, 2.75) is 25.3 Å². The number of halogens is 1. The van der Waals surface area contributed by atoms with Gasteiger partial charge in [0.1, 0.15) is 5.75 Å². The Morgan fingerprint density at radius 1 is 1.53 bits per heavy atom. The molecule has 1 heterocycles. The average molecular weight is 327 g/mol. The molecule has 1 aliphatic rings. The second kappa shape index (κ2) is 7.50. The smallest absolute Gasteiger partial charge is 0.223 e. The van der Waals surface area contributed by atoms with Crippen LogP contribution in [0.1, 0.15) is 19.3 Å². The van der Waals surface area contributed by atoms with Gasteiger partial charge in [-0.2, -0.15) is 0 Å². The van der Waals surface area contributed by atoms with Gasteiger partial charge in [0.2, 0.25) is 5.91 Å². The molecule has 1 aromatic rings. The summed E-state index contributed by atoms with van der Waals surface area (Å²) >= 11 is 3.38. The summed E-state index contributed by atoms with van der Waals surface area (Å²) in [4.78, 5) is 11.6. The van der Waals surface area contributed by atoms with Gasteiger partial charge >= 0.3 is 0 Å². The largest absolute Gasteiger partial charge is 0.493 e. The highest BCUT2D eigenvalue weighted by molar-refractivity contribution is 9.10. The van der Waals surface area contributed by atoms with Crippen molar-refractivity contribution in [2.24, 2.45) is 0 Å². The highest BCUT2D eigenvalue weighted by Gasteiger charge is 2.14. The zero-order valence-electron chi connectivity index (χ0n) is 10.8. The summed E-state index contributed by atoms with van der Waals surface area (Å²) < 4.78 is 6.50. The van der Waals surface area contributed by atoms with Crippen molar-refractivity contribution in [2.75, 3.05) is 19.7 Å². The standard InChI is InChI=1S/C14H19BrN2O2/c15-11-3-1-5-13(9-11)19-8-6-14(18)17-10-12-4-2-7-16-12/h1,3,5,9,12,16H,2,4,6-8,10H2,(H,17,18). The fourth-order valence-electron chi connectivity index (χ4n) is 2.07. The van der Waals surface area contributed by atoms with Gasteiger partial charge in [-0.05, 0) is 37.6 Å². The van der Waals surface area contributed by atoms with Gasteiger partial charge in [-0.15, -0.1) is 0 Å². The molecule has 0 spiro atoms. The normalized spacial score (nSPS) is 18.3. The third kappa shape index (κ3) is 5.20. The molecule has 1 aliphatic heterocycles. The lowest BCUT2D eigenvalue weighted by atomic mass is 10.2. The molecule has 4 nitrogen and oxygen atoms in total. The summed E-state index contributed by atoms with van der Waals surface area (Å²) in [5.74, 6) is 0.823. The van der Waals surface area contributed by atoms with Gasteiger partial charge in [-0.1, -0.05) is 22.0 Å². The first-order valence-electron chi connectivity index (χ1n) is 6.62. The highest BCUT2D eigenvalue weighted by atomic mass is 79.9. The Morgan fingerprint density at radius 3 is 3.16 bits per heavy atom. The molecular weight excluding hydrogens is 308 g/mol. The van der Waals surface area contributed by atoms with Gasteiger partial charge < -0.3 is 15.4 Å². The molecule has 0 aliphatic carbocycles. The zero-order chi connectivity index (χ0) is 13.5. The Bertz CT molecular complexity index is 420. The van der Waals surface area contributed by atoms with Gasteiger partial charge in [-0.3, -0.25) is 4.79 Å².